The molecule has 2 fully saturated rings. The largest absolute Gasteiger partial charge is 0.354 e. The predicted molar refractivity (Wildman–Crippen MR) is 126 cm³/mol. The van der Waals surface area contributed by atoms with Crippen LogP contribution in [-0.4, -0.2) is 85.1 Å². The quantitative estimate of drug-likeness (QED) is 0.736. The Balaban J connectivity index is 1.45. The molecule has 0 unspecified atom stereocenters. The minimum atomic E-state index is 0.870. The molecule has 2 aliphatic rings. The molecule has 0 atom stereocenters. The van der Waals surface area contributed by atoms with E-state index in [1.807, 2.05) is 0 Å². The number of pyridine rings is 1. The fraction of sp³-hybridized carbons (Fsp3) is 0.565. The number of aryl methyl sites for hydroxylation is 1. The van der Waals surface area contributed by atoms with Crippen molar-refractivity contribution in [2.45, 2.75) is 20.3 Å². The lowest BCUT2D eigenvalue weighted by molar-refractivity contribution is 0.270. The smallest absolute Gasteiger partial charge is 0.129 e. The number of aromatic nitrogens is 1. The molecule has 0 aliphatic carbocycles. The van der Waals surface area contributed by atoms with Gasteiger partial charge in [0.05, 0.1) is 5.52 Å². The molecule has 1 N–H and O–H groups in total. The summed E-state index contributed by atoms with van der Waals surface area (Å²) in [4.78, 5) is 13.5. The number of rotatable bonds is 6. The average molecular weight is 412 g/mol. The number of thiocarbonyl (C=S) groups is 1. The number of fused-ring (bicyclic) bond motifs is 1. The predicted octanol–water partition coefficient (Wildman–Crippen LogP) is 2.50. The molecule has 0 radical (unpaired) electrons. The molecule has 0 bridgehead atoms. The third-order valence-corrected chi connectivity index (χ3v) is 6.49. The van der Waals surface area contributed by atoms with E-state index in [1.54, 1.807) is 0 Å². The van der Waals surface area contributed by atoms with E-state index in [0.29, 0.717) is 0 Å². The van der Waals surface area contributed by atoms with Crippen molar-refractivity contribution in [2.24, 2.45) is 0 Å². The number of nitrogens with zero attached hydrogens (tertiary/aromatic N) is 4. The number of hydrogen-bond acceptors (Lipinski definition) is 6. The number of nitrogens with one attached hydrogen (secondary N) is 1. The van der Waals surface area contributed by atoms with Crippen LogP contribution in [-0.2, 0) is 6.42 Å². The van der Waals surface area contributed by atoms with E-state index in [-0.39, 0.29) is 0 Å². The maximum atomic E-state index is 5.71. The highest BCUT2D eigenvalue weighted by Crippen LogP contribution is 2.25. The first-order chi connectivity index (χ1) is 14.1. The third kappa shape index (κ3) is 5.12. The molecule has 0 saturated carbocycles. The van der Waals surface area contributed by atoms with Crippen molar-refractivity contribution in [1.82, 2.24) is 20.1 Å². The Morgan fingerprint density at radius 1 is 1.03 bits per heavy atom. The second kappa shape index (κ2) is 9.47. The lowest BCUT2D eigenvalue weighted by Gasteiger charge is -2.35. The summed E-state index contributed by atoms with van der Waals surface area (Å²) in [7, 11) is 0. The summed E-state index contributed by atoms with van der Waals surface area (Å²) < 4.78 is 0. The van der Waals surface area contributed by atoms with Gasteiger partial charge in [0.25, 0.3) is 0 Å². The van der Waals surface area contributed by atoms with E-state index in [4.69, 9.17) is 17.2 Å². The van der Waals surface area contributed by atoms with Crippen LogP contribution in [0, 0.1) is 6.92 Å². The van der Waals surface area contributed by atoms with E-state index in [0.717, 1.165) is 88.1 Å². The summed E-state index contributed by atoms with van der Waals surface area (Å²) in [5.74, 6) is 1.12. The molecule has 6 heteroatoms. The summed E-state index contributed by atoms with van der Waals surface area (Å²) in [6, 6.07) is 8.93. The van der Waals surface area contributed by atoms with E-state index in [1.165, 1.54) is 16.5 Å². The Morgan fingerprint density at radius 3 is 2.52 bits per heavy atom. The van der Waals surface area contributed by atoms with Gasteiger partial charge in [-0.15, -0.1) is 0 Å². The average Bonchev–Trinajstić information content (AvgIpc) is 2.75. The maximum absolute atomic E-state index is 5.71. The highest BCUT2D eigenvalue weighted by Gasteiger charge is 2.18. The topological polar surface area (TPSA) is 34.6 Å². The van der Waals surface area contributed by atoms with Crippen LogP contribution < -0.4 is 10.2 Å². The normalized spacial score (nSPS) is 19.0. The van der Waals surface area contributed by atoms with Crippen molar-refractivity contribution in [3.8, 4) is 0 Å². The molecule has 0 amide bonds. The number of anilines is 1. The van der Waals surface area contributed by atoms with Crippen molar-refractivity contribution in [3.05, 3.63) is 35.4 Å². The van der Waals surface area contributed by atoms with Crippen molar-refractivity contribution in [2.75, 3.05) is 70.3 Å². The van der Waals surface area contributed by atoms with Gasteiger partial charge in [0.1, 0.15) is 5.82 Å². The lowest BCUT2D eigenvalue weighted by Crippen LogP contribution is -2.46. The zero-order valence-electron chi connectivity index (χ0n) is 17.8. The van der Waals surface area contributed by atoms with E-state index < -0.39 is 0 Å². The van der Waals surface area contributed by atoms with E-state index in [9.17, 15) is 0 Å². The van der Waals surface area contributed by atoms with Gasteiger partial charge in [0.2, 0.25) is 0 Å². The number of likely N-dealkylation sites (N-methyl/N-ethyl adjacent to an activating group) is 1. The van der Waals surface area contributed by atoms with Gasteiger partial charge >= 0.3 is 0 Å². The SMILES string of the molecule is CCN1CCN(c2cc(C)c3cc(CC(=S)CN4CCNCC4)ccc3n2)CC1. The summed E-state index contributed by atoms with van der Waals surface area (Å²) in [5, 5.41) is 4.65. The Bertz CT molecular complexity index is 854. The van der Waals surface area contributed by atoms with Crippen molar-refractivity contribution >= 4 is 33.8 Å². The summed E-state index contributed by atoms with van der Waals surface area (Å²) in [6.07, 6.45) is 0.870. The summed E-state index contributed by atoms with van der Waals surface area (Å²) >= 11 is 5.71. The fourth-order valence-electron chi connectivity index (χ4n) is 4.39. The second-order valence-electron chi connectivity index (χ2n) is 8.31. The highest BCUT2D eigenvalue weighted by molar-refractivity contribution is 7.80. The Hall–Kier alpha value is -1.60. The van der Waals surface area contributed by atoms with Gasteiger partial charge in [-0.2, -0.15) is 0 Å². The molecular formula is C23H33N5S. The first-order valence-electron chi connectivity index (χ1n) is 10.9. The van der Waals surface area contributed by atoms with Crippen LogP contribution in [0.1, 0.15) is 18.1 Å². The van der Waals surface area contributed by atoms with Crippen LogP contribution in [0.25, 0.3) is 10.9 Å². The second-order valence-corrected chi connectivity index (χ2v) is 8.89. The molecule has 3 heterocycles. The molecule has 2 saturated heterocycles. The summed E-state index contributed by atoms with van der Waals surface area (Å²) in [5.41, 5.74) is 3.69. The monoisotopic (exact) mass is 411 g/mol. The first kappa shape index (κ1) is 20.7. The standard InChI is InChI=1S/C23H33N5S/c1-3-26-10-12-28(13-11-26)23-14-18(2)21-16-19(4-5-22(21)25-23)15-20(29)17-27-8-6-24-7-9-27/h4-5,14,16,24H,3,6-13,15,17H2,1-2H3. The van der Waals surface area contributed by atoms with Crippen LogP contribution in [0.3, 0.4) is 0 Å². The van der Waals surface area contributed by atoms with E-state index in [2.05, 4.69) is 58.1 Å². The van der Waals surface area contributed by atoms with Crippen molar-refractivity contribution in [1.29, 1.82) is 0 Å². The Labute approximate surface area is 180 Å². The van der Waals surface area contributed by atoms with Gasteiger partial charge in [-0.25, -0.2) is 4.98 Å². The molecule has 1 aromatic heterocycles. The molecule has 2 aromatic rings. The molecule has 4 rings (SSSR count). The molecule has 2 aliphatic heterocycles. The van der Waals surface area contributed by atoms with Crippen LogP contribution in [0.4, 0.5) is 5.82 Å². The number of benzene rings is 1. The van der Waals surface area contributed by atoms with Gasteiger partial charge in [-0.3, -0.25) is 4.90 Å². The van der Waals surface area contributed by atoms with Crippen molar-refractivity contribution in [3.63, 3.8) is 0 Å². The Kier molecular flexibility index (Phi) is 6.75. The van der Waals surface area contributed by atoms with Gasteiger partial charge in [-0.1, -0.05) is 25.2 Å². The fourth-order valence-corrected chi connectivity index (χ4v) is 4.74. The van der Waals surface area contributed by atoms with Crippen LogP contribution in [0.2, 0.25) is 0 Å². The first-order valence-corrected chi connectivity index (χ1v) is 11.4. The molecule has 0 spiro atoms. The third-order valence-electron chi connectivity index (χ3n) is 6.22. The number of piperazine rings is 2. The van der Waals surface area contributed by atoms with Crippen molar-refractivity contribution < 1.29 is 0 Å². The summed E-state index contributed by atoms with van der Waals surface area (Å²) in [6.45, 7) is 15.2. The van der Waals surface area contributed by atoms with Crippen LogP contribution >= 0.6 is 12.2 Å². The van der Waals surface area contributed by atoms with Gasteiger partial charge < -0.3 is 15.1 Å². The minimum Gasteiger partial charge on any atom is -0.354 e. The number of hydrogen-bond donors (Lipinski definition) is 1. The highest BCUT2D eigenvalue weighted by atomic mass is 32.1. The molecule has 1 aromatic carbocycles. The molecule has 29 heavy (non-hydrogen) atoms. The van der Waals surface area contributed by atoms with Crippen LogP contribution in [0.5, 0.6) is 0 Å². The van der Waals surface area contributed by atoms with Crippen LogP contribution in [0.15, 0.2) is 24.3 Å². The maximum Gasteiger partial charge on any atom is 0.129 e. The van der Waals surface area contributed by atoms with Gasteiger partial charge in [-0.05, 0) is 42.8 Å². The molecular weight excluding hydrogens is 378 g/mol. The zero-order chi connectivity index (χ0) is 20.2. The van der Waals surface area contributed by atoms with Gasteiger partial charge in [0.15, 0.2) is 0 Å². The zero-order valence-corrected chi connectivity index (χ0v) is 18.6. The Morgan fingerprint density at radius 2 is 1.79 bits per heavy atom. The van der Waals surface area contributed by atoms with E-state index >= 15 is 0 Å². The van der Waals surface area contributed by atoms with Gasteiger partial charge in [0, 0.05) is 75.6 Å². The minimum absolute atomic E-state index is 0.870. The lowest BCUT2D eigenvalue weighted by atomic mass is 10.0. The molecule has 5 nitrogen and oxygen atoms in total. The molecule has 156 valence electrons.